The molecule has 0 bridgehead atoms. The number of ether oxygens (including phenoxy) is 1. The number of unbranched alkanes of at least 4 members (excludes halogenated alkanes) is 1. The standard InChI is InChI=1S/C19H23N3O3/c1-2-3-13-25-18(23)16-6-8-17(9-7-16)22-19(24)21-12-10-15-5-4-11-20-14-15/h4-9,11,14H,2-3,10,12-13H2,1H3,(H2,21,22,24). The summed E-state index contributed by atoms with van der Waals surface area (Å²) in [6.45, 7) is 2.98. The topological polar surface area (TPSA) is 80.3 Å². The van der Waals surface area contributed by atoms with Gasteiger partial charge in [0.15, 0.2) is 0 Å². The van der Waals surface area contributed by atoms with Crippen LogP contribution in [0.2, 0.25) is 0 Å². The second-order valence-corrected chi connectivity index (χ2v) is 5.56. The van der Waals surface area contributed by atoms with Crippen molar-refractivity contribution in [2.75, 3.05) is 18.5 Å². The molecule has 0 spiro atoms. The fourth-order valence-electron chi connectivity index (χ4n) is 2.12. The van der Waals surface area contributed by atoms with E-state index in [2.05, 4.69) is 15.6 Å². The van der Waals surface area contributed by atoms with E-state index < -0.39 is 0 Å². The number of urea groups is 1. The monoisotopic (exact) mass is 341 g/mol. The van der Waals surface area contributed by atoms with Crippen LogP contribution < -0.4 is 10.6 Å². The summed E-state index contributed by atoms with van der Waals surface area (Å²) in [6.07, 6.45) is 6.03. The maximum Gasteiger partial charge on any atom is 0.338 e. The number of aromatic nitrogens is 1. The van der Waals surface area contributed by atoms with Gasteiger partial charge >= 0.3 is 12.0 Å². The van der Waals surface area contributed by atoms with E-state index in [1.54, 1.807) is 36.7 Å². The van der Waals surface area contributed by atoms with Gasteiger partial charge in [-0.2, -0.15) is 0 Å². The Bertz CT molecular complexity index is 672. The molecule has 1 aromatic heterocycles. The highest BCUT2D eigenvalue weighted by atomic mass is 16.5. The first kappa shape index (κ1) is 18.4. The van der Waals surface area contributed by atoms with E-state index in [-0.39, 0.29) is 12.0 Å². The predicted octanol–water partition coefficient (Wildman–Crippen LogP) is 3.40. The quantitative estimate of drug-likeness (QED) is 0.569. The van der Waals surface area contributed by atoms with E-state index >= 15 is 0 Å². The van der Waals surface area contributed by atoms with Gasteiger partial charge in [-0.1, -0.05) is 19.4 Å². The van der Waals surface area contributed by atoms with E-state index in [0.717, 1.165) is 18.4 Å². The van der Waals surface area contributed by atoms with Gasteiger partial charge in [0.25, 0.3) is 0 Å². The van der Waals surface area contributed by atoms with E-state index in [9.17, 15) is 9.59 Å². The molecule has 0 saturated heterocycles. The fraction of sp³-hybridized carbons (Fsp3) is 0.316. The first-order valence-corrected chi connectivity index (χ1v) is 8.40. The summed E-state index contributed by atoms with van der Waals surface area (Å²) in [5.41, 5.74) is 2.15. The molecule has 0 aliphatic carbocycles. The van der Waals surface area contributed by atoms with E-state index in [1.165, 1.54) is 0 Å². The molecule has 2 aromatic rings. The zero-order valence-electron chi connectivity index (χ0n) is 14.3. The Hall–Kier alpha value is -2.89. The fourth-order valence-corrected chi connectivity index (χ4v) is 2.12. The van der Waals surface area contributed by atoms with Gasteiger partial charge in [0.05, 0.1) is 12.2 Å². The molecule has 25 heavy (non-hydrogen) atoms. The Morgan fingerprint density at radius 3 is 2.64 bits per heavy atom. The Morgan fingerprint density at radius 1 is 1.16 bits per heavy atom. The molecule has 6 nitrogen and oxygen atoms in total. The summed E-state index contributed by atoms with van der Waals surface area (Å²) in [5, 5.41) is 5.51. The number of amides is 2. The summed E-state index contributed by atoms with van der Waals surface area (Å²) in [5.74, 6) is -0.346. The van der Waals surface area contributed by atoms with Crippen LogP contribution in [0.15, 0.2) is 48.8 Å². The number of hydrogen-bond acceptors (Lipinski definition) is 4. The zero-order valence-corrected chi connectivity index (χ0v) is 14.3. The summed E-state index contributed by atoms with van der Waals surface area (Å²) >= 11 is 0. The van der Waals surface area contributed by atoms with Gasteiger partial charge in [-0.3, -0.25) is 4.98 Å². The summed E-state index contributed by atoms with van der Waals surface area (Å²) in [4.78, 5) is 27.7. The number of pyridine rings is 1. The molecule has 0 fully saturated rings. The van der Waals surface area contributed by atoms with Crippen LogP contribution in [0, 0.1) is 0 Å². The molecule has 132 valence electrons. The molecule has 1 heterocycles. The number of anilines is 1. The molecule has 2 rings (SSSR count). The minimum absolute atomic E-state index is 0.290. The molecular weight excluding hydrogens is 318 g/mol. The van der Waals surface area contributed by atoms with Crippen LogP contribution in [0.5, 0.6) is 0 Å². The Balaban J connectivity index is 1.74. The maximum absolute atomic E-state index is 11.9. The largest absolute Gasteiger partial charge is 0.462 e. The number of nitrogens with zero attached hydrogens (tertiary/aromatic N) is 1. The lowest BCUT2D eigenvalue weighted by molar-refractivity contribution is 0.0500. The average Bonchev–Trinajstić information content (AvgIpc) is 2.63. The molecule has 0 radical (unpaired) electrons. The molecular formula is C19H23N3O3. The van der Waals surface area contributed by atoms with Crippen molar-refractivity contribution in [3.63, 3.8) is 0 Å². The third-order valence-corrected chi connectivity index (χ3v) is 3.53. The summed E-state index contributed by atoms with van der Waals surface area (Å²) in [7, 11) is 0. The average molecular weight is 341 g/mol. The molecule has 6 heteroatoms. The van der Waals surface area contributed by atoms with E-state index in [4.69, 9.17) is 4.74 Å². The van der Waals surface area contributed by atoms with Crippen molar-refractivity contribution in [3.05, 3.63) is 59.9 Å². The van der Waals surface area contributed by atoms with Crippen LogP contribution in [0.1, 0.15) is 35.7 Å². The second kappa shape index (κ2) is 10.1. The van der Waals surface area contributed by atoms with E-state index in [0.29, 0.717) is 30.8 Å². The molecule has 1 aromatic carbocycles. The van der Waals surface area contributed by atoms with Crippen molar-refractivity contribution in [1.29, 1.82) is 0 Å². The SMILES string of the molecule is CCCCOC(=O)c1ccc(NC(=O)NCCc2cccnc2)cc1. The highest BCUT2D eigenvalue weighted by molar-refractivity contribution is 5.92. The van der Waals surface area contributed by atoms with Gasteiger partial charge in [0.1, 0.15) is 0 Å². The van der Waals surface area contributed by atoms with Crippen molar-refractivity contribution in [3.8, 4) is 0 Å². The molecule has 0 saturated carbocycles. The third-order valence-electron chi connectivity index (χ3n) is 3.53. The lowest BCUT2D eigenvalue weighted by atomic mass is 10.2. The lowest BCUT2D eigenvalue weighted by Crippen LogP contribution is -2.30. The smallest absolute Gasteiger partial charge is 0.338 e. The number of nitrogens with one attached hydrogen (secondary N) is 2. The first-order valence-electron chi connectivity index (χ1n) is 8.40. The number of benzene rings is 1. The predicted molar refractivity (Wildman–Crippen MR) is 96.6 cm³/mol. The summed E-state index contributed by atoms with van der Waals surface area (Å²) < 4.78 is 5.14. The number of carbonyl (C=O) groups excluding carboxylic acids is 2. The second-order valence-electron chi connectivity index (χ2n) is 5.56. The highest BCUT2D eigenvalue weighted by Gasteiger charge is 2.07. The molecule has 0 unspecified atom stereocenters. The van der Waals surface area contributed by atoms with Crippen molar-refractivity contribution >= 4 is 17.7 Å². The van der Waals surface area contributed by atoms with Crippen LogP contribution in [0.4, 0.5) is 10.5 Å². The zero-order chi connectivity index (χ0) is 17.9. The minimum Gasteiger partial charge on any atom is -0.462 e. The molecule has 0 aliphatic rings. The molecule has 0 atom stereocenters. The number of carbonyl (C=O) groups is 2. The van der Waals surface area contributed by atoms with Crippen LogP contribution in [-0.4, -0.2) is 30.1 Å². The van der Waals surface area contributed by atoms with Gasteiger partial charge in [0.2, 0.25) is 0 Å². The van der Waals surface area contributed by atoms with Crippen LogP contribution in [0.25, 0.3) is 0 Å². The number of rotatable bonds is 8. The normalized spacial score (nSPS) is 10.1. The molecule has 2 amide bonds. The Morgan fingerprint density at radius 2 is 1.96 bits per heavy atom. The number of hydrogen-bond donors (Lipinski definition) is 2. The third kappa shape index (κ3) is 6.63. The minimum atomic E-state index is -0.346. The maximum atomic E-state index is 11.9. The van der Waals surface area contributed by atoms with Gasteiger partial charge in [0, 0.05) is 24.6 Å². The highest BCUT2D eigenvalue weighted by Crippen LogP contribution is 2.10. The van der Waals surface area contributed by atoms with Crippen molar-refractivity contribution in [1.82, 2.24) is 10.3 Å². The van der Waals surface area contributed by atoms with Gasteiger partial charge in [-0.05, 0) is 48.7 Å². The molecule has 0 aliphatic heterocycles. The van der Waals surface area contributed by atoms with Crippen molar-refractivity contribution in [2.45, 2.75) is 26.2 Å². The van der Waals surface area contributed by atoms with Gasteiger partial charge < -0.3 is 15.4 Å². The Kier molecular flexibility index (Phi) is 7.43. The van der Waals surface area contributed by atoms with Crippen LogP contribution >= 0.6 is 0 Å². The van der Waals surface area contributed by atoms with Crippen molar-refractivity contribution < 1.29 is 14.3 Å². The van der Waals surface area contributed by atoms with Crippen molar-refractivity contribution in [2.24, 2.45) is 0 Å². The first-order chi connectivity index (χ1) is 12.2. The lowest BCUT2D eigenvalue weighted by Gasteiger charge is -2.08. The van der Waals surface area contributed by atoms with Crippen LogP contribution in [0.3, 0.4) is 0 Å². The van der Waals surface area contributed by atoms with Gasteiger partial charge in [-0.25, -0.2) is 9.59 Å². The summed E-state index contributed by atoms with van der Waals surface area (Å²) in [6, 6.07) is 10.2. The number of esters is 1. The Labute approximate surface area is 147 Å². The van der Waals surface area contributed by atoms with Gasteiger partial charge in [-0.15, -0.1) is 0 Å². The van der Waals surface area contributed by atoms with Crippen LogP contribution in [-0.2, 0) is 11.2 Å². The molecule has 2 N–H and O–H groups in total. The van der Waals surface area contributed by atoms with E-state index in [1.807, 2.05) is 19.1 Å².